The molecule has 0 aliphatic rings. The smallest absolute Gasteiger partial charge is 0.407 e. The van der Waals surface area contributed by atoms with Crippen LogP contribution in [0.4, 0.5) is 14.9 Å². The molecule has 1 unspecified atom stereocenters. The van der Waals surface area contributed by atoms with Crippen LogP contribution in [0.1, 0.15) is 41.0 Å². The quantitative estimate of drug-likeness (QED) is 0.784. The lowest BCUT2D eigenvalue weighted by molar-refractivity contribution is -0.124. The number of halogens is 1. The molecule has 1 aromatic heterocycles. The fraction of sp³-hybridized carbons (Fsp3) is 0.450. The maximum Gasteiger partial charge on any atom is 0.407 e. The summed E-state index contributed by atoms with van der Waals surface area (Å²) >= 11 is 0. The van der Waals surface area contributed by atoms with Crippen LogP contribution >= 0.6 is 0 Å². The monoisotopic (exact) mass is 390 g/mol. The number of nitrogens with zero attached hydrogens (tertiary/aromatic N) is 2. The van der Waals surface area contributed by atoms with Crippen LogP contribution in [-0.2, 0) is 9.53 Å². The SMILES string of the molecule is CCC(C)(CNC(=O)OC(C)(C)C)C(=O)Nc1cnn(-c2ccccc2F)c1. The summed E-state index contributed by atoms with van der Waals surface area (Å²) in [7, 11) is 0. The third-order valence-electron chi connectivity index (χ3n) is 4.29. The lowest BCUT2D eigenvalue weighted by Crippen LogP contribution is -2.44. The Kier molecular flexibility index (Phi) is 6.43. The molecule has 2 N–H and O–H groups in total. The van der Waals surface area contributed by atoms with E-state index in [9.17, 15) is 14.0 Å². The molecule has 28 heavy (non-hydrogen) atoms. The van der Waals surface area contributed by atoms with Gasteiger partial charge in [-0.3, -0.25) is 4.79 Å². The van der Waals surface area contributed by atoms with Crippen LogP contribution in [0.3, 0.4) is 0 Å². The molecular weight excluding hydrogens is 363 g/mol. The van der Waals surface area contributed by atoms with Crippen molar-refractivity contribution >= 4 is 17.7 Å². The van der Waals surface area contributed by atoms with Gasteiger partial charge in [0.25, 0.3) is 0 Å². The second kappa shape index (κ2) is 8.41. The number of para-hydroxylation sites is 1. The van der Waals surface area contributed by atoms with E-state index < -0.39 is 22.9 Å². The first-order chi connectivity index (χ1) is 13.0. The summed E-state index contributed by atoms with van der Waals surface area (Å²) in [6.07, 6.45) is 2.90. The van der Waals surface area contributed by atoms with Gasteiger partial charge in [-0.15, -0.1) is 0 Å². The molecule has 0 fully saturated rings. The van der Waals surface area contributed by atoms with Gasteiger partial charge in [-0.1, -0.05) is 19.1 Å². The second-order valence-corrected chi connectivity index (χ2v) is 7.85. The van der Waals surface area contributed by atoms with Crippen molar-refractivity contribution in [2.45, 2.75) is 46.6 Å². The van der Waals surface area contributed by atoms with Gasteiger partial charge in [-0.2, -0.15) is 5.10 Å². The van der Waals surface area contributed by atoms with Crippen LogP contribution in [-0.4, -0.2) is 33.9 Å². The number of hydrogen-bond donors (Lipinski definition) is 2. The topological polar surface area (TPSA) is 85.2 Å². The Morgan fingerprint density at radius 1 is 1.21 bits per heavy atom. The van der Waals surface area contributed by atoms with E-state index in [1.54, 1.807) is 45.9 Å². The highest BCUT2D eigenvalue weighted by molar-refractivity contribution is 5.95. The number of anilines is 1. The zero-order valence-electron chi connectivity index (χ0n) is 16.9. The number of hydrogen-bond acceptors (Lipinski definition) is 4. The molecule has 0 radical (unpaired) electrons. The summed E-state index contributed by atoms with van der Waals surface area (Å²) in [5, 5.41) is 9.52. The molecule has 0 aliphatic heterocycles. The first-order valence-electron chi connectivity index (χ1n) is 9.12. The van der Waals surface area contributed by atoms with Crippen molar-refractivity contribution in [1.29, 1.82) is 0 Å². The molecule has 152 valence electrons. The molecule has 0 spiro atoms. The average molecular weight is 390 g/mol. The molecule has 8 heteroatoms. The van der Waals surface area contributed by atoms with Crippen LogP contribution in [0, 0.1) is 11.2 Å². The maximum absolute atomic E-state index is 13.9. The van der Waals surface area contributed by atoms with Crippen molar-refractivity contribution in [2.75, 3.05) is 11.9 Å². The van der Waals surface area contributed by atoms with Crippen LogP contribution in [0.15, 0.2) is 36.7 Å². The highest BCUT2D eigenvalue weighted by atomic mass is 19.1. The standard InChI is InChI=1S/C20H27FN4O3/c1-6-20(5,13-22-18(27)28-19(2,3)4)17(26)24-14-11-23-25(12-14)16-10-8-7-9-15(16)21/h7-12H,6,13H2,1-5H3,(H,22,27)(H,24,26). The number of carbonyl (C=O) groups is 2. The van der Waals surface area contributed by atoms with Crippen molar-refractivity contribution in [2.24, 2.45) is 5.41 Å². The number of carbonyl (C=O) groups excluding carboxylic acids is 2. The summed E-state index contributed by atoms with van der Waals surface area (Å²) in [5.41, 5.74) is -0.745. The van der Waals surface area contributed by atoms with Crippen LogP contribution in [0.5, 0.6) is 0 Å². The Morgan fingerprint density at radius 2 is 1.89 bits per heavy atom. The minimum atomic E-state index is -0.850. The van der Waals surface area contributed by atoms with Gasteiger partial charge in [0.2, 0.25) is 5.91 Å². The predicted molar refractivity (Wildman–Crippen MR) is 105 cm³/mol. The zero-order chi connectivity index (χ0) is 20.9. The van der Waals surface area contributed by atoms with Gasteiger partial charge in [0, 0.05) is 6.54 Å². The Morgan fingerprint density at radius 3 is 2.50 bits per heavy atom. The fourth-order valence-electron chi connectivity index (χ4n) is 2.39. The van der Waals surface area contributed by atoms with Crippen LogP contribution in [0.25, 0.3) is 5.69 Å². The van der Waals surface area contributed by atoms with Crippen molar-refractivity contribution in [3.8, 4) is 5.69 Å². The fourth-order valence-corrected chi connectivity index (χ4v) is 2.39. The number of amides is 2. The Hall–Kier alpha value is -2.90. The second-order valence-electron chi connectivity index (χ2n) is 7.85. The van der Waals surface area contributed by atoms with Gasteiger partial charge in [-0.05, 0) is 46.2 Å². The molecule has 1 aromatic carbocycles. The minimum Gasteiger partial charge on any atom is -0.444 e. The van der Waals surface area contributed by atoms with Gasteiger partial charge < -0.3 is 15.4 Å². The highest BCUT2D eigenvalue weighted by Gasteiger charge is 2.33. The molecule has 0 bridgehead atoms. The highest BCUT2D eigenvalue weighted by Crippen LogP contribution is 2.23. The Balaban J connectivity index is 2.03. The van der Waals surface area contributed by atoms with E-state index in [1.807, 2.05) is 6.92 Å². The van der Waals surface area contributed by atoms with Gasteiger partial charge >= 0.3 is 6.09 Å². The summed E-state index contributed by atoms with van der Waals surface area (Å²) < 4.78 is 20.4. The molecule has 1 atom stereocenters. The van der Waals surface area contributed by atoms with E-state index in [2.05, 4.69) is 15.7 Å². The van der Waals surface area contributed by atoms with E-state index in [-0.39, 0.29) is 18.1 Å². The molecule has 2 rings (SSSR count). The molecule has 0 saturated carbocycles. The third-order valence-corrected chi connectivity index (χ3v) is 4.29. The summed E-state index contributed by atoms with van der Waals surface area (Å²) in [5.74, 6) is -0.692. The molecule has 0 saturated heterocycles. The van der Waals surface area contributed by atoms with Gasteiger partial charge in [-0.25, -0.2) is 13.9 Å². The lowest BCUT2D eigenvalue weighted by atomic mass is 9.86. The summed E-state index contributed by atoms with van der Waals surface area (Å²) in [4.78, 5) is 24.6. The molecule has 2 amide bonds. The van der Waals surface area contributed by atoms with E-state index >= 15 is 0 Å². The van der Waals surface area contributed by atoms with E-state index in [0.717, 1.165) is 0 Å². The van der Waals surface area contributed by atoms with Gasteiger partial charge in [0.05, 0.1) is 23.5 Å². The molecular formula is C20H27FN4O3. The normalized spacial score (nSPS) is 13.5. The number of nitrogens with one attached hydrogen (secondary N) is 2. The van der Waals surface area contributed by atoms with Gasteiger partial charge in [0.15, 0.2) is 0 Å². The molecule has 1 heterocycles. The van der Waals surface area contributed by atoms with Crippen LogP contribution in [0.2, 0.25) is 0 Å². The van der Waals surface area contributed by atoms with E-state index in [1.165, 1.54) is 23.1 Å². The van der Waals surface area contributed by atoms with E-state index in [0.29, 0.717) is 12.1 Å². The predicted octanol–water partition coefficient (Wildman–Crippen LogP) is 3.89. The Labute approximate surface area is 164 Å². The maximum atomic E-state index is 13.9. The minimum absolute atomic E-state index is 0.117. The van der Waals surface area contributed by atoms with Crippen molar-refractivity contribution in [1.82, 2.24) is 15.1 Å². The molecule has 0 aliphatic carbocycles. The van der Waals surface area contributed by atoms with Crippen molar-refractivity contribution < 1.29 is 18.7 Å². The number of benzene rings is 1. The number of rotatable bonds is 6. The number of alkyl carbamates (subject to hydrolysis) is 1. The Bertz CT molecular complexity index is 844. The summed E-state index contributed by atoms with van der Waals surface area (Å²) in [6.45, 7) is 9.04. The summed E-state index contributed by atoms with van der Waals surface area (Å²) in [6, 6.07) is 6.23. The van der Waals surface area contributed by atoms with Crippen molar-refractivity contribution in [3.63, 3.8) is 0 Å². The van der Waals surface area contributed by atoms with E-state index in [4.69, 9.17) is 4.74 Å². The first-order valence-corrected chi connectivity index (χ1v) is 9.12. The van der Waals surface area contributed by atoms with Gasteiger partial charge in [0.1, 0.15) is 17.1 Å². The van der Waals surface area contributed by atoms with Crippen molar-refractivity contribution in [3.05, 3.63) is 42.5 Å². The largest absolute Gasteiger partial charge is 0.444 e. The number of aromatic nitrogens is 2. The molecule has 2 aromatic rings. The first kappa shape index (κ1) is 21.4. The zero-order valence-corrected chi connectivity index (χ0v) is 16.9. The third kappa shape index (κ3) is 5.55. The molecule has 7 nitrogen and oxygen atoms in total. The van der Waals surface area contributed by atoms with Crippen LogP contribution < -0.4 is 10.6 Å². The lowest BCUT2D eigenvalue weighted by Gasteiger charge is -2.28. The number of ether oxygens (including phenoxy) is 1. The average Bonchev–Trinajstić information content (AvgIpc) is 3.06.